The van der Waals surface area contributed by atoms with Crippen molar-refractivity contribution >= 4 is 41.4 Å². The Bertz CT molecular complexity index is 1800. The number of carbonyl (C=O) groups is 3. The summed E-state index contributed by atoms with van der Waals surface area (Å²) in [5.41, 5.74) is 19.2. The zero-order valence-corrected chi connectivity index (χ0v) is 27.2. The number of imidazole rings is 1. The maximum atomic E-state index is 14.8. The lowest BCUT2D eigenvalue weighted by Gasteiger charge is -2.18. The zero-order valence-electron chi connectivity index (χ0n) is 27.2. The molecule has 0 radical (unpaired) electrons. The number of amides is 2. The normalized spacial score (nSPS) is 11.8. The van der Waals surface area contributed by atoms with Gasteiger partial charge < -0.3 is 43.0 Å². The summed E-state index contributed by atoms with van der Waals surface area (Å²) in [7, 11) is 1.26. The Morgan fingerprint density at radius 3 is 2.57 bits per heavy atom. The fourth-order valence-corrected chi connectivity index (χ4v) is 4.81. The number of methoxy groups -OCH3 is 1. The van der Waals surface area contributed by atoms with E-state index in [9.17, 15) is 18.4 Å². The predicted octanol–water partition coefficient (Wildman–Crippen LogP) is 2.31. The Morgan fingerprint density at radius 2 is 1.90 bits per heavy atom. The van der Waals surface area contributed by atoms with Crippen LogP contribution >= 0.6 is 0 Å². The molecule has 0 bridgehead atoms. The van der Waals surface area contributed by atoms with Gasteiger partial charge in [-0.1, -0.05) is 6.92 Å². The van der Waals surface area contributed by atoms with Gasteiger partial charge in [0.15, 0.2) is 29.0 Å². The highest BCUT2D eigenvalue weighted by molar-refractivity contribution is 5.96. The van der Waals surface area contributed by atoms with E-state index in [-0.39, 0.29) is 48.1 Å². The van der Waals surface area contributed by atoms with Crippen LogP contribution in [0.25, 0.3) is 16.9 Å². The van der Waals surface area contributed by atoms with E-state index in [1.807, 2.05) is 13.0 Å². The van der Waals surface area contributed by atoms with Crippen LogP contribution < -0.4 is 37.9 Å². The highest BCUT2D eigenvalue weighted by Gasteiger charge is 2.20. The first-order chi connectivity index (χ1) is 23.4. The van der Waals surface area contributed by atoms with Crippen molar-refractivity contribution < 1.29 is 33.0 Å². The fourth-order valence-electron chi connectivity index (χ4n) is 4.81. The number of anilines is 2. The molecule has 4 aromatic rings. The molecule has 4 rings (SSSR count). The van der Waals surface area contributed by atoms with Crippen molar-refractivity contribution in [1.29, 1.82) is 0 Å². The summed E-state index contributed by atoms with van der Waals surface area (Å²) in [4.78, 5) is 46.5. The molecule has 2 atom stereocenters. The van der Waals surface area contributed by atoms with Gasteiger partial charge in [0.05, 0.1) is 25.0 Å². The average Bonchev–Trinajstić information content (AvgIpc) is 3.51. The van der Waals surface area contributed by atoms with Crippen molar-refractivity contribution in [3.63, 3.8) is 0 Å². The first-order valence-electron chi connectivity index (χ1n) is 15.2. The Hall–Kier alpha value is -5.84. The lowest BCUT2D eigenvalue weighted by molar-refractivity contribution is -0.123. The second-order valence-corrected chi connectivity index (χ2v) is 10.7. The van der Waals surface area contributed by atoms with E-state index < -0.39 is 17.7 Å². The molecule has 262 valence electrons. The zero-order chi connectivity index (χ0) is 36.1. The van der Waals surface area contributed by atoms with Gasteiger partial charge in [-0.25, -0.2) is 14.4 Å². The van der Waals surface area contributed by atoms with Crippen LogP contribution in [0.3, 0.4) is 0 Å². The van der Waals surface area contributed by atoms with Crippen LogP contribution in [0.4, 0.5) is 20.3 Å². The number of benzene rings is 2. The number of carboxylic acid groups (broad SMARTS) is 1. The number of halogens is 2. The first-order valence-corrected chi connectivity index (χ1v) is 15.2. The number of hydrogen-bond acceptors (Lipinski definition) is 9. The molecule has 10 N–H and O–H groups in total. The Morgan fingerprint density at radius 1 is 1.16 bits per heavy atom. The quantitative estimate of drug-likeness (QED) is 0.0441. The summed E-state index contributed by atoms with van der Waals surface area (Å²) in [6.07, 6.45) is 6.08. The summed E-state index contributed by atoms with van der Waals surface area (Å²) in [5, 5.41) is 15.8. The molecular weight excluding hydrogens is 642 g/mol. The van der Waals surface area contributed by atoms with Gasteiger partial charge in [-0.3, -0.25) is 23.8 Å². The molecule has 0 aliphatic carbocycles. The van der Waals surface area contributed by atoms with Gasteiger partial charge in [0, 0.05) is 48.3 Å². The van der Waals surface area contributed by atoms with Crippen LogP contribution in [0, 0.1) is 11.6 Å². The van der Waals surface area contributed by atoms with Crippen LogP contribution in [-0.4, -0.2) is 76.0 Å². The molecule has 0 saturated carbocycles. The largest absolute Gasteiger partial charge is 0.494 e. The minimum absolute atomic E-state index is 0.0123. The number of rotatable bonds is 14. The van der Waals surface area contributed by atoms with Gasteiger partial charge in [-0.15, -0.1) is 0 Å². The number of nitrogens with zero attached hydrogens (tertiary/aromatic N) is 4. The predicted molar refractivity (Wildman–Crippen MR) is 181 cm³/mol. The molecule has 0 spiro atoms. The SMILES string of the molecule is CCc1cc(Nc2nccn3c(-c4ccc(OC)c(F)c4F)cnc23)ccc1C(=O)NC[C@H](C)NC(=O)[C@@H](N)CCCN=C(N)N.O=CO. The fraction of sp³-hybridized carbons (Fsp3) is 0.312. The van der Waals surface area contributed by atoms with Crippen molar-refractivity contribution in [3.8, 4) is 17.0 Å². The Balaban J connectivity index is 0.00000209. The molecule has 2 heterocycles. The van der Waals surface area contributed by atoms with Crippen molar-refractivity contribution in [2.75, 3.05) is 25.5 Å². The van der Waals surface area contributed by atoms with Crippen molar-refractivity contribution in [2.24, 2.45) is 22.2 Å². The summed E-state index contributed by atoms with van der Waals surface area (Å²) in [6.45, 7) is 4.02. The van der Waals surface area contributed by atoms with Crippen LogP contribution in [-0.2, 0) is 16.0 Å². The number of ether oxygens (including phenoxy) is 1. The molecule has 2 aromatic carbocycles. The maximum absolute atomic E-state index is 14.8. The number of nitrogens with two attached hydrogens (primary N) is 3. The number of carbonyl (C=O) groups excluding carboxylic acids is 2. The minimum atomic E-state index is -1.09. The molecule has 0 fully saturated rings. The topological polar surface area (TPSA) is 237 Å². The van der Waals surface area contributed by atoms with E-state index in [1.54, 1.807) is 29.7 Å². The van der Waals surface area contributed by atoms with E-state index >= 15 is 0 Å². The van der Waals surface area contributed by atoms with E-state index in [4.69, 9.17) is 31.8 Å². The molecular formula is C32H40F2N10O5. The monoisotopic (exact) mass is 682 g/mol. The minimum Gasteiger partial charge on any atom is -0.494 e. The van der Waals surface area contributed by atoms with Crippen LogP contribution in [0.5, 0.6) is 5.75 Å². The van der Waals surface area contributed by atoms with E-state index in [0.717, 1.165) is 5.56 Å². The smallest absolute Gasteiger partial charge is 0.290 e. The summed E-state index contributed by atoms with van der Waals surface area (Å²) >= 11 is 0. The molecule has 0 aliphatic heterocycles. The second-order valence-electron chi connectivity index (χ2n) is 10.7. The lowest BCUT2D eigenvalue weighted by atomic mass is 10.0. The molecule has 0 saturated heterocycles. The molecule has 17 heteroatoms. The van der Waals surface area contributed by atoms with E-state index in [0.29, 0.717) is 54.2 Å². The number of nitrogens with one attached hydrogen (secondary N) is 3. The molecule has 49 heavy (non-hydrogen) atoms. The third-order valence-electron chi connectivity index (χ3n) is 7.23. The van der Waals surface area contributed by atoms with Gasteiger partial charge >= 0.3 is 0 Å². The van der Waals surface area contributed by atoms with Gasteiger partial charge in [0.25, 0.3) is 12.4 Å². The number of aromatic nitrogens is 3. The standard InChI is InChI=1S/C31H38F2N10O3.CH2O2/c1-4-18-14-19(7-8-20(18)29(44)40-15-17(2)41-30(45)22(34)6-5-11-38-31(35)36)42-27-28-39-16-23(43(28)13-12-37-27)21-9-10-24(46-3)26(33)25(21)32;2-1-3/h7-10,12-14,16-17,22H,4-6,11,15,34H2,1-3H3,(H,37,42)(H,40,44)(H,41,45)(H4,35,36,38);1H,(H,2,3)/t17-,22-;/m0./s1. The number of guanidine groups is 1. The molecule has 2 aromatic heterocycles. The first kappa shape index (κ1) is 37.6. The average molecular weight is 683 g/mol. The summed E-state index contributed by atoms with van der Waals surface area (Å²) < 4.78 is 35.7. The summed E-state index contributed by atoms with van der Waals surface area (Å²) in [5.74, 6) is -2.59. The van der Waals surface area contributed by atoms with Crippen molar-refractivity contribution in [3.05, 3.63) is 71.7 Å². The Labute approximate surface area is 281 Å². The summed E-state index contributed by atoms with van der Waals surface area (Å²) in [6, 6.07) is 6.94. The van der Waals surface area contributed by atoms with E-state index in [2.05, 4.69) is 30.9 Å². The maximum Gasteiger partial charge on any atom is 0.290 e. The third kappa shape index (κ3) is 9.83. The number of hydrogen-bond donors (Lipinski definition) is 7. The molecule has 0 unspecified atom stereocenters. The van der Waals surface area contributed by atoms with Gasteiger partial charge in [0.1, 0.15) is 0 Å². The van der Waals surface area contributed by atoms with Gasteiger partial charge in [-0.2, -0.15) is 4.39 Å². The van der Waals surface area contributed by atoms with Crippen LogP contribution in [0.15, 0.2) is 53.9 Å². The molecule has 15 nitrogen and oxygen atoms in total. The highest BCUT2D eigenvalue weighted by Crippen LogP contribution is 2.31. The van der Waals surface area contributed by atoms with Crippen LogP contribution in [0.2, 0.25) is 0 Å². The number of fused-ring (bicyclic) bond motifs is 1. The lowest BCUT2D eigenvalue weighted by Crippen LogP contribution is -2.48. The Kier molecular flexibility index (Phi) is 13.7. The van der Waals surface area contributed by atoms with Crippen molar-refractivity contribution in [2.45, 2.75) is 45.2 Å². The molecule has 0 aliphatic rings. The molecule has 2 amide bonds. The number of aryl methyl sites for hydroxylation is 1. The van der Waals surface area contributed by atoms with Gasteiger partial charge in [0.2, 0.25) is 11.7 Å². The second kappa shape index (κ2) is 17.9. The third-order valence-corrected chi connectivity index (χ3v) is 7.23. The highest BCUT2D eigenvalue weighted by atomic mass is 19.2. The number of aliphatic imine (C=N–C) groups is 1. The van der Waals surface area contributed by atoms with E-state index in [1.165, 1.54) is 31.6 Å². The van der Waals surface area contributed by atoms with Gasteiger partial charge in [-0.05, 0) is 62.1 Å². The van der Waals surface area contributed by atoms with Crippen molar-refractivity contribution in [1.82, 2.24) is 25.0 Å². The van der Waals surface area contributed by atoms with Crippen LogP contribution in [0.1, 0.15) is 42.6 Å².